The minimum atomic E-state index is -0.262. The molecule has 0 amide bonds. The Morgan fingerprint density at radius 3 is 2.76 bits per heavy atom. The Balaban J connectivity index is 2.02. The average Bonchev–Trinajstić information content (AvgIpc) is 2.37. The van der Waals surface area contributed by atoms with Crippen molar-refractivity contribution in [3.63, 3.8) is 0 Å². The number of nitrogens with zero attached hydrogens (tertiary/aromatic N) is 3. The summed E-state index contributed by atoms with van der Waals surface area (Å²) in [6.07, 6.45) is 1.13. The summed E-state index contributed by atoms with van der Waals surface area (Å²) in [7, 11) is 0. The first-order valence-electron chi connectivity index (χ1n) is 4.82. The molecule has 0 unspecified atom stereocenters. The number of hydrogen-bond donors (Lipinski definition) is 1. The number of thioether (sulfide) groups is 1. The van der Waals surface area contributed by atoms with Crippen molar-refractivity contribution in [2.45, 2.75) is 10.9 Å². The van der Waals surface area contributed by atoms with Gasteiger partial charge in [0.15, 0.2) is 5.16 Å². The van der Waals surface area contributed by atoms with Crippen molar-refractivity contribution in [1.82, 2.24) is 15.2 Å². The summed E-state index contributed by atoms with van der Waals surface area (Å²) in [5, 5.41) is 16.5. The molecule has 0 saturated heterocycles. The molecular weight excluding hydrogens is 236 g/mol. The smallest absolute Gasteiger partial charge is 0.270 e. The first-order chi connectivity index (χ1) is 8.28. The third kappa shape index (κ3) is 3.16. The van der Waals surface area contributed by atoms with E-state index < -0.39 is 0 Å². The zero-order chi connectivity index (χ0) is 12.1. The fraction of sp³-hybridized carbons (Fsp3) is 0.0909. The molecule has 2 rings (SSSR count). The SMILES string of the molecule is N#Cc1ccc(CSc2nncc(=O)[nH]2)cc1. The molecule has 84 valence electrons. The number of benzene rings is 1. The van der Waals surface area contributed by atoms with E-state index in [1.807, 2.05) is 12.1 Å². The highest BCUT2D eigenvalue weighted by atomic mass is 32.2. The van der Waals surface area contributed by atoms with E-state index >= 15 is 0 Å². The summed E-state index contributed by atoms with van der Waals surface area (Å²) in [6, 6.07) is 9.33. The Morgan fingerprint density at radius 2 is 2.12 bits per heavy atom. The molecule has 5 nitrogen and oxygen atoms in total. The lowest BCUT2D eigenvalue weighted by Crippen LogP contribution is -2.07. The Labute approximate surface area is 102 Å². The summed E-state index contributed by atoms with van der Waals surface area (Å²) < 4.78 is 0. The topological polar surface area (TPSA) is 82.4 Å². The first-order valence-corrected chi connectivity index (χ1v) is 5.80. The fourth-order valence-electron chi connectivity index (χ4n) is 1.19. The van der Waals surface area contributed by atoms with E-state index in [0.29, 0.717) is 16.5 Å². The molecule has 17 heavy (non-hydrogen) atoms. The standard InChI is InChI=1S/C11H8N4OS/c12-5-8-1-3-9(4-2-8)7-17-11-14-10(16)6-13-15-11/h1-4,6H,7H2,(H,14,15,16). The number of rotatable bonds is 3. The second-order valence-corrected chi connectivity index (χ2v) is 4.20. The predicted octanol–water partition coefficient (Wildman–Crippen LogP) is 1.33. The molecule has 0 bridgehead atoms. The Bertz CT molecular complexity index is 600. The Hall–Kier alpha value is -2.13. The van der Waals surface area contributed by atoms with Crippen LogP contribution in [-0.2, 0) is 5.75 Å². The molecule has 0 spiro atoms. The predicted molar refractivity (Wildman–Crippen MR) is 63.4 cm³/mol. The van der Waals surface area contributed by atoms with Crippen LogP contribution >= 0.6 is 11.8 Å². The molecule has 0 aliphatic heterocycles. The quantitative estimate of drug-likeness (QED) is 0.823. The Kier molecular flexibility index (Phi) is 3.52. The van der Waals surface area contributed by atoms with Crippen molar-refractivity contribution in [2.75, 3.05) is 0 Å². The zero-order valence-corrected chi connectivity index (χ0v) is 9.57. The van der Waals surface area contributed by atoms with E-state index in [1.54, 1.807) is 12.1 Å². The molecule has 1 heterocycles. The summed E-state index contributed by atoms with van der Waals surface area (Å²) >= 11 is 1.39. The van der Waals surface area contributed by atoms with Gasteiger partial charge in [0.2, 0.25) is 0 Å². The van der Waals surface area contributed by atoms with Crippen LogP contribution in [0.1, 0.15) is 11.1 Å². The molecule has 0 radical (unpaired) electrons. The first kappa shape index (κ1) is 11.4. The Morgan fingerprint density at radius 1 is 1.35 bits per heavy atom. The summed E-state index contributed by atoms with van der Waals surface area (Å²) in [5.74, 6) is 0.667. The molecule has 0 atom stereocenters. The van der Waals surface area contributed by atoms with Crippen molar-refractivity contribution in [2.24, 2.45) is 0 Å². The number of nitrogens with one attached hydrogen (secondary N) is 1. The molecular formula is C11H8N4OS. The number of aromatic amines is 1. The second kappa shape index (κ2) is 5.27. The molecule has 1 aromatic heterocycles. The van der Waals surface area contributed by atoms with Gasteiger partial charge in [-0.2, -0.15) is 10.4 Å². The monoisotopic (exact) mass is 244 g/mol. The van der Waals surface area contributed by atoms with Crippen LogP contribution in [0.25, 0.3) is 0 Å². The number of nitriles is 1. The van der Waals surface area contributed by atoms with Crippen LogP contribution in [0.2, 0.25) is 0 Å². The van der Waals surface area contributed by atoms with E-state index in [-0.39, 0.29) is 5.56 Å². The molecule has 0 fully saturated rings. The number of H-pyrrole nitrogens is 1. The van der Waals surface area contributed by atoms with E-state index in [2.05, 4.69) is 21.3 Å². The summed E-state index contributed by atoms with van der Waals surface area (Å²) in [4.78, 5) is 13.6. The normalized spacial score (nSPS) is 9.82. The molecule has 0 aliphatic rings. The van der Waals surface area contributed by atoms with Gasteiger partial charge in [0, 0.05) is 5.75 Å². The van der Waals surface area contributed by atoms with Gasteiger partial charge in [-0.15, -0.1) is 5.10 Å². The third-order valence-electron chi connectivity index (χ3n) is 2.01. The van der Waals surface area contributed by atoms with Crippen LogP contribution in [0.3, 0.4) is 0 Å². The summed E-state index contributed by atoms with van der Waals surface area (Å²) in [6.45, 7) is 0. The molecule has 1 N–H and O–H groups in total. The lowest BCUT2D eigenvalue weighted by Gasteiger charge is -2.00. The molecule has 1 aromatic carbocycles. The highest BCUT2D eigenvalue weighted by Crippen LogP contribution is 2.17. The maximum Gasteiger partial charge on any atom is 0.270 e. The summed E-state index contributed by atoms with van der Waals surface area (Å²) in [5.41, 5.74) is 1.43. The van der Waals surface area contributed by atoms with Gasteiger partial charge in [-0.3, -0.25) is 9.78 Å². The second-order valence-electron chi connectivity index (χ2n) is 3.24. The average molecular weight is 244 g/mol. The van der Waals surface area contributed by atoms with Gasteiger partial charge in [0.25, 0.3) is 5.56 Å². The van der Waals surface area contributed by atoms with Crippen molar-refractivity contribution in [3.8, 4) is 6.07 Å². The van der Waals surface area contributed by atoms with Gasteiger partial charge in [-0.05, 0) is 17.7 Å². The van der Waals surface area contributed by atoms with Gasteiger partial charge in [-0.25, -0.2) is 0 Å². The van der Waals surface area contributed by atoms with Crippen LogP contribution < -0.4 is 5.56 Å². The molecule has 0 aliphatic carbocycles. The van der Waals surface area contributed by atoms with Crippen LogP contribution in [0.15, 0.2) is 40.4 Å². The van der Waals surface area contributed by atoms with Crippen LogP contribution in [0.5, 0.6) is 0 Å². The van der Waals surface area contributed by atoms with E-state index in [1.165, 1.54) is 11.8 Å². The van der Waals surface area contributed by atoms with Crippen molar-refractivity contribution >= 4 is 11.8 Å². The fourth-order valence-corrected chi connectivity index (χ4v) is 1.96. The maximum atomic E-state index is 11.0. The molecule has 6 heteroatoms. The van der Waals surface area contributed by atoms with Crippen LogP contribution in [0, 0.1) is 11.3 Å². The van der Waals surface area contributed by atoms with Crippen LogP contribution in [0.4, 0.5) is 0 Å². The van der Waals surface area contributed by atoms with Crippen LogP contribution in [-0.4, -0.2) is 15.2 Å². The lowest BCUT2D eigenvalue weighted by molar-refractivity contribution is 0.817. The number of aromatic nitrogens is 3. The van der Waals surface area contributed by atoms with Crippen molar-refractivity contribution in [1.29, 1.82) is 5.26 Å². The maximum absolute atomic E-state index is 11.0. The molecule has 2 aromatic rings. The highest BCUT2D eigenvalue weighted by Gasteiger charge is 1.99. The zero-order valence-electron chi connectivity index (χ0n) is 8.75. The number of hydrogen-bond acceptors (Lipinski definition) is 5. The lowest BCUT2D eigenvalue weighted by atomic mass is 10.2. The van der Waals surface area contributed by atoms with Gasteiger partial charge >= 0.3 is 0 Å². The van der Waals surface area contributed by atoms with E-state index in [9.17, 15) is 4.79 Å². The largest absolute Gasteiger partial charge is 0.299 e. The molecule has 0 saturated carbocycles. The van der Waals surface area contributed by atoms with E-state index in [0.717, 1.165) is 11.8 Å². The minimum absolute atomic E-state index is 0.262. The highest BCUT2D eigenvalue weighted by molar-refractivity contribution is 7.98. The van der Waals surface area contributed by atoms with Gasteiger partial charge < -0.3 is 0 Å². The van der Waals surface area contributed by atoms with E-state index in [4.69, 9.17) is 5.26 Å². The van der Waals surface area contributed by atoms with Gasteiger partial charge in [0.1, 0.15) is 6.20 Å². The third-order valence-corrected chi connectivity index (χ3v) is 2.95. The van der Waals surface area contributed by atoms with Gasteiger partial charge in [0.05, 0.1) is 11.6 Å². The minimum Gasteiger partial charge on any atom is -0.299 e. The van der Waals surface area contributed by atoms with Gasteiger partial charge in [-0.1, -0.05) is 23.9 Å². The van der Waals surface area contributed by atoms with Crippen molar-refractivity contribution in [3.05, 3.63) is 51.9 Å². The van der Waals surface area contributed by atoms with Crippen molar-refractivity contribution < 1.29 is 0 Å².